The van der Waals surface area contributed by atoms with Crippen LogP contribution in [0, 0.1) is 11.6 Å². The average molecular weight is 335 g/mol. The molecule has 0 saturated heterocycles. The van der Waals surface area contributed by atoms with Gasteiger partial charge in [0.25, 0.3) is 0 Å². The van der Waals surface area contributed by atoms with Crippen molar-refractivity contribution in [2.45, 2.75) is 12.6 Å². The molecule has 0 radical (unpaired) electrons. The number of fused-ring (bicyclic) bond motifs is 1. The molecule has 0 fully saturated rings. The summed E-state index contributed by atoms with van der Waals surface area (Å²) < 4.78 is 37.7. The molecule has 0 aromatic heterocycles. The predicted molar refractivity (Wildman–Crippen MR) is 85.1 cm³/mol. The van der Waals surface area contributed by atoms with Gasteiger partial charge < -0.3 is 14.6 Å². The summed E-state index contributed by atoms with van der Waals surface area (Å²) in [5.41, 5.74) is 1.08. The van der Waals surface area contributed by atoms with E-state index >= 15 is 0 Å². The largest absolute Gasteiger partial charge is 0.486 e. The van der Waals surface area contributed by atoms with Gasteiger partial charge in [0.1, 0.15) is 24.8 Å². The van der Waals surface area contributed by atoms with E-state index in [0.717, 1.165) is 23.4 Å². The molecule has 1 aliphatic heterocycles. The fraction of sp³-hybridized carbons (Fsp3) is 0.333. The molecule has 3 rings (SSSR count). The molecule has 1 heterocycles. The van der Waals surface area contributed by atoms with Crippen molar-refractivity contribution in [3.05, 3.63) is 59.2 Å². The summed E-state index contributed by atoms with van der Waals surface area (Å²) in [4.78, 5) is 1.86. The highest BCUT2D eigenvalue weighted by atomic mass is 19.1. The number of halogens is 2. The molecule has 1 atom stereocenters. The lowest BCUT2D eigenvalue weighted by Crippen LogP contribution is -2.25. The van der Waals surface area contributed by atoms with Crippen LogP contribution in [0.4, 0.5) is 8.78 Å². The first-order chi connectivity index (χ1) is 11.5. The van der Waals surface area contributed by atoms with E-state index in [1.807, 2.05) is 30.1 Å². The molecule has 2 aromatic rings. The van der Waals surface area contributed by atoms with Crippen molar-refractivity contribution in [1.29, 1.82) is 0 Å². The molecule has 24 heavy (non-hydrogen) atoms. The summed E-state index contributed by atoms with van der Waals surface area (Å²) in [5.74, 6) is 0.0293. The molecule has 1 N–H and O–H groups in total. The van der Waals surface area contributed by atoms with Crippen LogP contribution < -0.4 is 9.47 Å². The third kappa shape index (κ3) is 3.83. The second kappa shape index (κ2) is 7.15. The molecule has 128 valence electrons. The zero-order chi connectivity index (χ0) is 17.1. The van der Waals surface area contributed by atoms with Gasteiger partial charge in [-0.3, -0.25) is 4.90 Å². The lowest BCUT2D eigenvalue weighted by Gasteiger charge is -2.23. The van der Waals surface area contributed by atoms with Crippen LogP contribution >= 0.6 is 0 Å². The van der Waals surface area contributed by atoms with Gasteiger partial charge in [0.05, 0.1) is 6.10 Å². The molecule has 4 nitrogen and oxygen atoms in total. The van der Waals surface area contributed by atoms with E-state index in [9.17, 15) is 13.9 Å². The van der Waals surface area contributed by atoms with E-state index in [2.05, 4.69) is 0 Å². The number of aliphatic hydroxyl groups is 1. The molecule has 0 amide bonds. The van der Waals surface area contributed by atoms with Crippen LogP contribution in [0.25, 0.3) is 0 Å². The van der Waals surface area contributed by atoms with Crippen LogP contribution in [0.1, 0.15) is 17.2 Å². The van der Waals surface area contributed by atoms with Crippen LogP contribution in [0.15, 0.2) is 36.4 Å². The van der Waals surface area contributed by atoms with Gasteiger partial charge in [-0.05, 0) is 30.8 Å². The number of nitrogens with zero attached hydrogens (tertiary/aromatic N) is 1. The highest BCUT2D eigenvalue weighted by molar-refractivity contribution is 5.43. The van der Waals surface area contributed by atoms with Gasteiger partial charge in [-0.1, -0.05) is 12.1 Å². The first-order valence-corrected chi connectivity index (χ1v) is 7.73. The smallest absolute Gasteiger partial charge is 0.161 e. The topological polar surface area (TPSA) is 41.9 Å². The number of ether oxygens (including phenoxy) is 2. The molecule has 1 unspecified atom stereocenters. The van der Waals surface area contributed by atoms with E-state index in [1.165, 1.54) is 6.07 Å². The van der Waals surface area contributed by atoms with Crippen molar-refractivity contribution in [3.8, 4) is 11.5 Å². The monoisotopic (exact) mass is 335 g/mol. The Balaban J connectivity index is 1.63. The highest BCUT2D eigenvalue weighted by Gasteiger charge is 2.17. The van der Waals surface area contributed by atoms with Gasteiger partial charge in [-0.25, -0.2) is 8.78 Å². The maximum Gasteiger partial charge on any atom is 0.161 e. The molecular formula is C18H19F2NO3. The molecule has 6 heteroatoms. The van der Waals surface area contributed by atoms with Crippen LogP contribution in [-0.2, 0) is 6.54 Å². The number of hydrogen-bond donors (Lipinski definition) is 1. The third-order valence-electron chi connectivity index (χ3n) is 3.87. The first-order valence-electron chi connectivity index (χ1n) is 7.73. The Morgan fingerprint density at radius 2 is 1.83 bits per heavy atom. The SMILES string of the molecule is CN(Cc1ccc2c(c1)OCCO2)CC(O)c1ccc(F)cc1F. The van der Waals surface area contributed by atoms with Gasteiger partial charge in [-0.2, -0.15) is 0 Å². The van der Waals surface area contributed by atoms with Gasteiger partial charge in [0.2, 0.25) is 0 Å². The lowest BCUT2D eigenvalue weighted by molar-refractivity contribution is 0.120. The van der Waals surface area contributed by atoms with Crippen LogP contribution in [-0.4, -0.2) is 36.8 Å². The van der Waals surface area contributed by atoms with Crippen molar-refractivity contribution in [3.63, 3.8) is 0 Å². The average Bonchev–Trinajstić information content (AvgIpc) is 2.54. The van der Waals surface area contributed by atoms with Gasteiger partial charge >= 0.3 is 0 Å². The zero-order valence-corrected chi connectivity index (χ0v) is 13.3. The van der Waals surface area contributed by atoms with Gasteiger partial charge in [0, 0.05) is 24.7 Å². The van der Waals surface area contributed by atoms with Gasteiger partial charge in [0.15, 0.2) is 11.5 Å². The summed E-state index contributed by atoms with van der Waals surface area (Å²) >= 11 is 0. The predicted octanol–water partition coefficient (Wildman–Crippen LogP) is 2.90. The van der Waals surface area contributed by atoms with Crippen molar-refractivity contribution in [2.75, 3.05) is 26.8 Å². The molecule has 0 aliphatic carbocycles. The Hall–Kier alpha value is -2.18. The summed E-state index contributed by atoms with van der Waals surface area (Å²) in [6.45, 7) is 1.84. The van der Waals surface area contributed by atoms with E-state index in [1.54, 1.807) is 0 Å². The maximum absolute atomic E-state index is 13.7. The minimum atomic E-state index is -1.03. The Morgan fingerprint density at radius 3 is 2.58 bits per heavy atom. The normalized spacial score (nSPS) is 14.7. The highest BCUT2D eigenvalue weighted by Crippen LogP contribution is 2.31. The molecule has 0 saturated carbocycles. The Morgan fingerprint density at radius 1 is 1.08 bits per heavy atom. The molecular weight excluding hydrogens is 316 g/mol. The summed E-state index contributed by atoms with van der Waals surface area (Å²) in [5, 5.41) is 10.2. The summed E-state index contributed by atoms with van der Waals surface area (Å²) in [7, 11) is 1.82. The molecule has 2 aromatic carbocycles. The first kappa shape index (κ1) is 16.7. The maximum atomic E-state index is 13.7. The van der Waals surface area contributed by atoms with Crippen molar-refractivity contribution < 1.29 is 23.4 Å². The number of hydrogen-bond acceptors (Lipinski definition) is 4. The quantitative estimate of drug-likeness (QED) is 0.912. The second-order valence-corrected chi connectivity index (χ2v) is 5.86. The number of aliphatic hydroxyl groups excluding tert-OH is 1. The fourth-order valence-corrected chi connectivity index (χ4v) is 2.73. The third-order valence-corrected chi connectivity index (χ3v) is 3.87. The Bertz CT molecular complexity index is 723. The van der Waals surface area contributed by atoms with E-state index < -0.39 is 17.7 Å². The molecule has 0 spiro atoms. The van der Waals surface area contributed by atoms with E-state index in [-0.39, 0.29) is 12.1 Å². The lowest BCUT2D eigenvalue weighted by atomic mass is 10.1. The van der Waals surface area contributed by atoms with Crippen molar-refractivity contribution in [2.24, 2.45) is 0 Å². The van der Waals surface area contributed by atoms with E-state index in [4.69, 9.17) is 9.47 Å². The summed E-state index contributed by atoms with van der Waals surface area (Å²) in [6.07, 6.45) is -1.03. The summed E-state index contributed by atoms with van der Waals surface area (Å²) in [6, 6.07) is 8.87. The van der Waals surface area contributed by atoms with Crippen molar-refractivity contribution in [1.82, 2.24) is 4.90 Å². The number of rotatable bonds is 5. The van der Waals surface area contributed by atoms with E-state index in [0.29, 0.717) is 25.5 Å². The standard InChI is InChI=1S/C18H19F2NO3/c1-21(11-16(22)14-4-3-13(19)9-15(14)20)10-12-2-5-17-18(8-12)24-7-6-23-17/h2-5,8-9,16,22H,6-7,10-11H2,1H3. The van der Waals surface area contributed by atoms with Crippen molar-refractivity contribution >= 4 is 0 Å². The van der Waals surface area contributed by atoms with Crippen LogP contribution in [0.3, 0.4) is 0 Å². The van der Waals surface area contributed by atoms with Crippen LogP contribution in [0.5, 0.6) is 11.5 Å². The second-order valence-electron chi connectivity index (χ2n) is 5.86. The Kier molecular flexibility index (Phi) is 4.97. The minimum Gasteiger partial charge on any atom is -0.486 e. The molecule has 0 bridgehead atoms. The van der Waals surface area contributed by atoms with Crippen LogP contribution in [0.2, 0.25) is 0 Å². The Labute approximate surface area is 139 Å². The zero-order valence-electron chi connectivity index (χ0n) is 13.3. The molecule has 1 aliphatic rings. The number of likely N-dealkylation sites (N-methyl/N-ethyl adjacent to an activating group) is 1. The fourth-order valence-electron chi connectivity index (χ4n) is 2.73. The minimum absolute atomic E-state index is 0.0884. The number of benzene rings is 2. The van der Waals surface area contributed by atoms with Gasteiger partial charge in [-0.15, -0.1) is 0 Å².